The van der Waals surface area contributed by atoms with Gasteiger partial charge in [-0.2, -0.15) is 0 Å². The quantitative estimate of drug-likeness (QED) is 0.383. The van der Waals surface area contributed by atoms with E-state index >= 15 is 0 Å². The topological polar surface area (TPSA) is 80.9 Å². The second-order valence-electron chi connectivity index (χ2n) is 4.81. The summed E-state index contributed by atoms with van der Waals surface area (Å²) in [5, 5.41) is 35.9. The summed E-state index contributed by atoms with van der Waals surface area (Å²) in [6.07, 6.45) is 7.44. The zero-order valence-electron chi connectivity index (χ0n) is 10.8. The minimum absolute atomic E-state index is 0.214. The molecule has 4 nitrogen and oxygen atoms in total. The summed E-state index contributed by atoms with van der Waals surface area (Å²) >= 11 is 0. The molecular weight excluding hydrogens is 239 g/mol. The van der Waals surface area contributed by atoms with Gasteiger partial charge in [0.2, 0.25) is 0 Å². The van der Waals surface area contributed by atoms with Crippen molar-refractivity contribution in [3.63, 3.8) is 0 Å². The average molecular weight is 268 g/mol. The van der Waals surface area contributed by atoms with E-state index in [0.717, 1.165) is 50.3 Å². The Labute approximate surface area is 105 Å². The Hall–Kier alpha value is 0.270. The number of aliphatic hydroxyl groups excluding tert-OH is 4. The van der Waals surface area contributed by atoms with Crippen LogP contribution in [-0.2, 0) is 0 Å². The first kappa shape index (κ1) is 17.3. The molecule has 0 saturated heterocycles. The van der Waals surface area contributed by atoms with Crippen LogP contribution in [0.4, 0.5) is 0 Å². The van der Waals surface area contributed by atoms with Crippen LogP contribution < -0.4 is 0 Å². The third kappa shape index (κ3) is 8.06. The Morgan fingerprint density at radius 1 is 0.471 bits per heavy atom. The third-order valence-electron chi connectivity index (χ3n) is 3.46. The molecule has 0 aromatic carbocycles. The van der Waals surface area contributed by atoms with Gasteiger partial charge in [-0.1, -0.05) is 0 Å². The van der Waals surface area contributed by atoms with Crippen molar-refractivity contribution in [3.05, 3.63) is 0 Å². The molecule has 0 aliphatic heterocycles. The molecule has 0 aliphatic carbocycles. The summed E-state index contributed by atoms with van der Waals surface area (Å²) in [6.45, 7) is 0.858. The number of hydrogen-bond acceptors (Lipinski definition) is 4. The van der Waals surface area contributed by atoms with E-state index in [2.05, 4.69) is 0 Å². The van der Waals surface area contributed by atoms with Gasteiger partial charge in [-0.3, -0.25) is 0 Å². The van der Waals surface area contributed by atoms with Gasteiger partial charge in [-0.05, 0) is 0 Å². The van der Waals surface area contributed by atoms with Crippen LogP contribution in [0.1, 0.15) is 25.7 Å². The Bertz CT molecular complexity index is 129. The molecule has 0 unspecified atom stereocenters. The Kier molecular flexibility index (Phi) is 11.5. The van der Waals surface area contributed by atoms with Gasteiger partial charge in [0.15, 0.2) is 0 Å². The number of aliphatic hydroxyl groups is 4. The summed E-state index contributed by atoms with van der Waals surface area (Å²) in [7, 11) is -1.52. The summed E-state index contributed by atoms with van der Waals surface area (Å²) in [5.41, 5.74) is 0. The molecule has 17 heavy (non-hydrogen) atoms. The summed E-state index contributed by atoms with van der Waals surface area (Å²) in [6, 6.07) is 0. The van der Waals surface area contributed by atoms with E-state index < -0.39 is 7.26 Å². The van der Waals surface area contributed by atoms with Crippen LogP contribution in [0, 0.1) is 0 Å². The first-order valence-electron chi connectivity index (χ1n) is 6.68. The molecule has 0 amide bonds. The van der Waals surface area contributed by atoms with Crippen LogP contribution in [0.5, 0.6) is 0 Å². The van der Waals surface area contributed by atoms with Gasteiger partial charge < -0.3 is 0 Å². The fraction of sp³-hybridized carbons (Fsp3) is 1.00. The van der Waals surface area contributed by atoms with Crippen molar-refractivity contribution >= 4 is 7.26 Å². The van der Waals surface area contributed by atoms with Gasteiger partial charge in [0, 0.05) is 0 Å². The summed E-state index contributed by atoms with van der Waals surface area (Å²) in [4.78, 5) is 0. The van der Waals surface area contributed by atoms with Crippen molar-refractivity contribution in [3.8, 4) is 0 Å². The normalized spacial score (nSPS) is 12.9. The summed E-state index contributed by atoms with van der Waals surface area (Å²) < 4.78 is 0. The molecule has 0 fully saturated rings. The first-order chi connectivity index (χ1) is 8.24. The van der Waals surface area contributed by atoms with E-state index in [9.17, 15) is 0 Å². The molecule has 0 bridgehead atoms. The fourth-order valence-corrected chi connectivity index (χ4v) is 7.70. The maximum atomic E-state index is 8.98. The molecule has 0 atom stereocenters. The van der Waals surface area contributed by atoms with E-state index in [1.807, 2.05) is 0 Å². The molecule has 0 spiro atoms. The van der Waals surface area contributed by atoms with Gasteiger partial charge in [0.05, 0.1) is 0 Å². The molecular formula is C12H29O4P. The first-order valence-corrected chi connectivity index (χ1v) is 9.51. The Morgan fingerprint density at radius 3 is 0.882 bits per heavy atom. The van der Waals surface area contributed by atoms with Crippen molar-refractivity contribution in [2.24, 2.45) is 0 Å². The monoisotopic (exact) mass is 268 g/mol. The molecule has 0 heterocycles. The van der Waals surface area contributed by atoms with Gasteiger partial charge in [0.1, 0.15) is 0 Å². The van der Waals surface area contributed by atoms with E-state index in [-0.39, 0.29) is 26.4 Å². The van der Waals surface area contributed by atoms with Crippen LogP contribution in [0.15, 0.2) is 0 Å². The van der Waals surface area contributed by atoms with Gasteiger partial charge in [-0.15, -0.1) is 0 Å². The predicted octanol–water partition coefficient (Wildman–Crippen LogP) is 0.266. The minimum atomic E-state index is -1.52. The molecule has 0 radical (unpaired) electrons. The van der Waals surface area contributed by atoms with Crippen LogP contribution in [0.2, 0.25) is 0 Å². The molecule has 5 heteroatoms. The number of hydrogen-bond donors (Lipinski definition) is 4. The maximum absolute atomic E-state index is 8.98. The van der Waals surface area contributed by atoms with Crippen molar-refractivity contribution in [2.45, 2.75) is 25.7 Å². The van der Waals surface area contributed by atoms with Gasteiger partial charge >= 0.3 is 104 Å². The molecule has 0 saturated carbocycles. The fourth-order valence-electron chi connectivity index (χ4n) is 2.57. The average Bonchev–Trinajstić information content (AvgIpc) is 2.37. The molecule has 4 N–H and O–H groups in total. The third-order valence-corrected chi connectivity index (χ3v) is 9.12. The predicted molar refractivity (Wildman–Crippen MR) is 74.6 cm³/mol. The molecule has 106 valence electrons. The van der Waals surface area contributed by atoms with E-state index in [0.29, 0.717) is 0 Å². The molecule has 0 rings (SSSR count). The van der Waals surface area contributed by atoms with Crippen molar-refractivity contribution in [1.82, 2.24) is 0 Å². The second kappa shape index (κ2) is 11.4. The van der Waals surface area contributed by atoms with E-state index in [1.165, 1.54) is 0 Å². The van der Waals surface area contributed by atoms with Gasteiger partial charge in [0.25, 0.3) is 0 Å². The van der Waals surface area contributed by atoms with E-state index in [4.69, 9.17) is 20.4 Å². The van der Waals surface area contributed by atoms with Crippen molar-refractivity contribution in [2.75, 3.05) is 51.1 Å². The molecule has 0 aromatic heterocycles. The molecule has 0 aromatic rings. The zero-order chi connectivity index (χ0) is 13.0. The van der Waals surface area contributed by atoms with Crippen LogP contribution in [0.25, 0.3) is 0 Å². The van der Waals surface area contributed by atoms with Crippen LogP contribution in [0.3, 0.4) is 0 Å². The molecule has 0 aliphatic rings. The Balaban J connectivity index is 4.39. The SMILES string of the molecule is OCCC[PH](CCCO)(CCCO)CCCO. The van der Waals surface area contributed by atoms with E-state index in [1.54, 1.807) is 0 Å². The van der Waals surface area contributed by atoms with Gasteiger partial charge in [-0.25, -0.2) is 0 Å². The Morgan fingerprint density at radius 2 is 0.706 bits per heavy atom. The van der Waals surface area contributed by atoms with Crippen molar-refractivity contribution < 1.29 is 20.4 Å². The van der Waals surface area contributed by atoms with Crippen molar-refractivity contribution in [1.29, 1.82) is 0 Å². The van der Waals surface area contributed by atoms with Crippen LogP contribution in [-0.4, -0.2) is 71.5 Å². The zero-order valence-corrected chi connectivity index (χ0v) is 11.8. The second-order valence-corrected chi connectivity index (χ2v) is 9.81. The van der Waals surface area contributed by atoms with Crippen LogP contribution >= 0.6 is 7.26 Å². The summed E-state index contributed by atoms with van der Waals surface area (Å²) in [5.74, 6) is 0. The standard InChI is InChI=1S/C12H29O4P/c13-5-1-9-17(10-2-6-14,11-3-7-15)12-4-8-16/h13-17H,1-12H2. The number of rotatable bonds is 12.